The first-order valence-corrected chi connectivity index (χ1v) is 12.4. The Morgan fingerprint density at radius 3 is 2.74 bits per heavy atom. The van der Waals surface area contributed by atoms with Gasteiger partial charge in [-0.3, -0.25) is 15.0 Å². The second kappa shape index (κ2) is 9.79. The molecule has 3 aliphatic heterocycles. The van der Waals surface area contributed by atoms with Gasteiger partial charge in [0.2, 0.25) is 11.1 Å². The van der Waals surface area contributed by atoms with Crippen molar-refractivity contribution in [2.75, 3.05) is 26.3 Å². The molecule has 0 atom stereocenters. The highest BCUT2D eigenvalue weighted by atomic mass is 35.5. The van der Waals surface area contributed by atoms with Crippen LogP contribution in [0.3, 0.4) is 0 Å². The molecular formula is C22H18ClN5O4S2. The van der Waals surface area contributed by atoms with Crippen molar-refractivity contribution in [3.8, 4) is 0 Å². The maximum atomic E-state index is 12.6. The average Bonchev–Trinajstić information content (AvgIpc) is 3.45. The number of aliphatic imine (C=N–C) groups is 1. The number of benzene rings is 1. The first kappa shape index (κ1) is 22.9. The fourth-order valence-electron chi connectivity index (χ4n) is 3.38. The summed E-state index contributed by atoms with van der Waals surface area (Å²) in [5.74, 6) is -0.311. The lowest BCUT2D eigenvalue weighted by atomic mass is 10.1. The molecule has 0 bridgehead atoms. The highest BCUT2D eigenvalue weighted by molar-refractivity contribution is 8.27. The molecule has 1 fully saturated rings. The Morgan fingerprint density at radius 2 is 1.97 bits per heavy atom. The third kappa shape index (κ3) is 4.97. The van der Waals surface area contributed by atoms with Crippen LogP contribution in [0.2, 0.25) is 5.02 Å². The van der Waals surface area contributed by atoms with Gasteiger partial charge in [-0.2, -0.15) is 15.1 Å². The highest BCUT2D eigenvalue weighted by Gasteiger charge is 2.36. The molecular weight excluding hydrogens is 498 g/mol. The quantitative estimate of drug-likeness (QED) is 0.600. The number of amides is 2. The molecule has 34 heavy (non-hydrogen) atoms. The first-order chi connectivity index (χ1) is 16.5. The van der Waals surface area contributed by atoms with Crippen molar-refractivity contribution in [3.05, 3.63) is 52.8 Å². The van der Waals surface area contributed by atoms with Gasteiger partial charge in [0.15, 0.2) is 10.9 Å². The van der Waals surface area contributed by atoms with Crippen LogP contribution in [0.5, 0.6) is 0 Å². The van der Waals surface area contributed by atoms with Crippen LogP contribution < -0.4 is 0 Å². The number of hydrazone groups is 1. The Kier molecular flexibility index (Phi) is 6.59. The SMILES string of the molecule is N=C1/C(=C/c2ccc(Sc3ccc(Cl)cc3)o2)C(=O)N=C2SC(CC(=O)N3CCOCC3)=NN12. The van der Waals surface area contributed by atoms with E-state index in [0.29, 0.717) is 47.2 Å². The van der Waals surface area contributed by atoms with Crippen LogP contribution in [0.1, 0.15) is 12.2 Å². The van der Waals surface area contributed by atoms with Crippen molar-refractivity contribution in [1.82, 2.24) is 9.91 Å². The van der Waals surface area contributed by atoms with E-state index in [9.17, 15) is 9.59 Å². The molecule has 174 valence electrons. The predicted molar refractivity (Wildman–Crippen MR) is 131 cm³/mol. The van der Waals surface area contributed by atoms with Crippen LogP contribution in [-0.2, 0) is 14.3 Å². The van der Waals surface area contributed by atoms with Gasteiger partial charge >= 0.3 is 0 Å². The molecule has 1 aromatic carbocycles. The maximum absolute atomic E-state index is 12.6. The molecule has 1 saturated heterocycles. The number of thioether (sulfide) groups is 1. The Morgan fingerprint density at radius 1 is 1.21 bits per heavy atom. The molecule has 2 aromatic rings. The minimum Gasteiger partial charge on any atom is -0.450 e. The number of hydrogen-bond acceptors (Lipinski definition) is 8. The van der Waals surface area contributed by atoms with Crippen LogP contribution in [0.4, 0.5) is 0 Å². The number of rotatable bonds is 5. The summed E-state index contributed by atoms with van der Waals surface area (Å²) < 4.78 is 11.1. The summed E-state index contributed by atoms with van der Waals surface area (Å²) in [5, 5.41) is 16.2. The van der Waals surface area contributed by atoms with Crippen molar-refractivity contribution in [2.24, 2.45) is 10.1 Å². The molecule has 4 heterocycles. The second-order valence-electron chi connectivity index (χ2n) is 7.40. The number of carbonyl (C=O) groups is 2. The van der Waals surface area contributed by atoms with Crippen LogP contribution in [0.25, 0.3) is 6.08 Å². The van der Waals surface area contributed by atoms with Crippen molar-refractivity contribution in [1.29, 1.82) is 5.41 Å². The standard InChI is InChI=1S/C22H18ClN5O4S2/c23-13-1-4-15(5-2-13)33-19-6-3-14(32-19)11-16-20(24)28-22(25-21(16)30)34-17(26-28)12-18(29)27-7-9-31-10-8-27/h1-6,11,24H,7-10,12H2/b16-11-,24-20?. The second-order valence-corrected chi connectivity index (χ2v) is 9.95. The molecule has 0 aliphatic carbocycles. The molecule has 0 radical (unpaired) electrons. The predicted octanol–water partition coefficient (Wildman–Crippen LogP) is 3.95. The molecule has 0 unspecified atom stereocenters. The van der Waals surface area contributed by atoms with Gasteiger partial charge in [0, 0.05) is 23.0 Å². The van der Waals surface area contributed by atoms with E-state index in [1.807, 2.05) is 12.1 Å². The fourth-order valence-corrected chi connectivity index (χ4v) is 5.17. The summed E-state index contributed by atoms with van der Waals surface area (Å²) in [6, 6.07) is 10.9. The fraction of sp³-hybridized carbons (Fsp3) is 0.227. The number of carbonyl (C=O) groups excluding carboxylic acids is 2. The smallest absolute Gasteiger partial charge is 0.283 e. The maximum Gasteiger partial charge on any atom is 0.283 e. The van der Waals surface area contributed by atoms with E-state index in [2.05, 4.69) is 10.1 Å². The number of halogens is 1. The molecule has 5 rings (SSSR count). The Hall–Kier alpha value is -2.86. The summed E-state index contributed by atoms with van der Waals surface area (Å²) in [6.07, 6.45) is 1.57. The molecule has 9 nitrogen and oxygen atoms in total. The summed E-state index contributed by atoms with van der Waals surface area (Å²) in [4.78, 5) is 31.9. The van der Waals surface area contributed by atoms with Gasteiger partial charge in [0.05, 0.1) is 25.2 Å². The lowest BCUT2D eigenvalue weighted by Gasteiger charge is -2.26. The first-order valence-electron chi connectivity index (χ1n) is 10.3. The minimum absolute atomic E-state index is 0.0613. The van der Waals surface area contributed by atoms with E-state index >= 15 is 0 Å². The molecule has 1 aromatic heterocycles. The van der Waals surface area contributed by atoms with Crippen LogP contribution in [0.15, 0.2) is 66.5 Å². The van der Waals surface area contributed by atoms with Gasteiger partial charge in [-0.05, 0) is 54.2 Å². The van der Waals surface area contributed by atoms with Crippen molar-refractivity contribution in [2.45, 2.75) is 16.4 Å². The van der Waals surface area contributed by atoms with Crippen molar-refractivity contribution >= 4 is 69.1 Å². The zero-order valence-corrected chi connectivity index (χ0v) is 20.1. The number of morpholine rings is 1. The van der Waals surface area contributed by atoms with Gasteiger partial charge < -0.3 is 14.1 Å². The van der Waals surface area contributed by atoms with E-state index in [-0.39, 0.29) is 28.9 Å². The lowest BCUT2D eigenvalue weighted by molar-refractivity contribution is -0.133. The summed E-state index contributed by atoms with van der Waals surface area (Å²) >= 11 is 8.47. The van der Waals surface area contributed by atoms with E-state index in [0.717, 1.165) is 16.7 Å². The highest BCUT2D eigenvalue weighted by Crippen LogP contribution is 2.32. The number of fused-ring (bicyclic) bond motifs is 1. The normalized spacial score (nSPS) is 19.4. The molecule has 2 amide bonds. The number of amidine groups is 2. The van der Waals surface area contributed by atoms with E-state index in [1.165, 1.54) is 22.8 Å². The topological polar surface area (TPSA) is 112 Å². The monoisotopic (exact) mass is 515 g/mol. The van der Waals surface area contributed by atoms with E-state index in [1.54, 1.807) is 29.2 Å². The number of ether oxygens (including phenoxy) is 1. The average molecular weight is 516 g/mol. The van der Waals surface area contributed by atoms with Crippen molar-refractivity contribution < 1.29 is 18.7 Å². The molecule has 0 spiro atoms. The third-order valence-corrected chi connectivity index (χ3v) is 7.17. The third-order valence-electron chi connectivity index (χ3n) is 5.08. The summed E-state index contributed by atoms with van der Waals surface area (Å²) in [5.41, 5.74) is 0.0613. The van der Waals surface area contributed by atoms with Gasteiger partial charge in [0.25, 0.3) is 5.91 Å². The zero-order valence-electron chi connectivity index (χ0n) is 17.7. The minimum atomic E-state index is -0.553. The van der Waals surface area contributed by atoms with E-state index in [4.69, 9.17) is 26.2 Å². The Balaban J connectivity index is 1.29. The number of hydrogen-bond donors (Lipinski definition) is 1. The van der Waals surface area contributed by atoms with Gasteiger partial charge in [-0.25, -0.2) is 0 Å². The Labute approximate surface area is 208 Å². The molecule has 1 N–H and O–H groups in total. The van der Waals surface area contributed by atoms with Crippen LogP contribution in [0, 0.1) is 5.41 Å². The van der Waals surface area contributed by atoms with Gasteiger partial charge in [0.1, 0.15) is 10.8 Å². The number of furan rings is 1. The van der Waals surface area contributed by atoms with Crippen molar-refractivity contribution in [3.63, 3.8) is 0 Å². The summed E-state index contributed by atoms with van der Waals surface area (Å²) in [7, 11) is 0. The molecule has 0 saturated carbocycles. The largest absolute Gasteiger partial charge is 0.450 e. The molecule has 3 aliphatic rings. The van der Waals surface area contributed by atoms with Crippen LogP contribution in [-0.4, -0.2) is 64.1 Å². The van der Waals surface area contributed by atoms with Gasteiger partial charge in [-0.1, -0.05) is 23.4 Å². The lowest BCUT2D eigenvalue weighted by Crippen LogP contribution is -2.41. The van der Waals surface area contributed by atoms with Crippen LogP contribution >= 0.6 is 35.1 Å². The number of nitrogens with zero attached hydrogens (tertiary/aromatic N) is 4. The van der Waals surface area contributed by atoms with Gasteiger partial charge in [-0.15, -0.1) is 0 Å². The Bertz CT molecular complexity index is 1250. The summed E-state index contributed by atoms with van der Waals surface area (Å²) in [6.45, 7) is 2.13. The zero-order chi connectivity index (χ0) is 23.7. The van der Waals surface area contributed by atoms with E-state index < -0.39 is 5.91 Å². The molecule has 12 heteroatoms. The number of nitrogens with one attached hydrogen (secondary N) is 1.